The summed E-state index contributed by atoms with van der Waals surface area (Å²) in [4.78, 5) is 23.4. The fraction of sp³-hybridized carbons (Fsp3) is 0.429. The third kappa shape index (κ3) is 5.60. The quantitative estimate of drug-likeness (QED) is 0.615. The van der Waals surface area contributed by atoms with E-state index in [-0.39, 0.29) is 5.91 Å². The standard InChI is InChI=1S/C14H22N4O2/c1-9(2)8-16-13(19)10(3)17-14(20)18-12-6-4-5-11(15)7-12/h4-7,9-10H,8,15H2,1-3H3,(H,16,19)(H2,17,18,20). The Morgan fingerprint density at radius 3 is 2.55 bits per heavy atom. The van der Waals surface area contributed by atoms with Crippen LogP contribution in [0.2, 0.25) is 0 Å². The molecule has 5 N–H and O–H groups in total. The number of nitrogens with two attached hydrogens (primary N) is 1. The van der Waals surface area contributed by atoms with Gasteiger partial charge in [0.15, 0.2) is 0 Å². The number of benzene rings is 1. The summed E-state index contributed by atoms with van der Waals surface area (Å²) >= 11 is 0. The highest BCUT2D eigenvalue weighted by Crippen LogP contribution is 2.11. The Kier molecular flexibility index (Phi) is 5.83. The molecule has 0 spiro atoms. The first-order chi connectivity index (χ1) is 9.38. The lowest BCUT2D eigenvalue weighted by atomic mass is 10.2. The number of anilines is 2. The molecule has 0 aliphatic heterocycles. The number of urea groups is 1. The molecule has 3 amide bonds. The summed E-state index contributed by atoms with van der Waals surface area (Å²) in [6.07, 6.45) is 0. The van der Waals surface area contributed by atoms with Crippen LogP contribution in [0.5, 0.6) is 0 Å². The van der Waals surface area contributed by atoms with Crippen molar-refractivity contribution in [2.45, 2.75) is 26.8 Å². The summed E-state index contributed by atoms with van der Waals surface area (Å²) < 4.78 is 0. The van der Waals surface area contributed by atoms with Crippen LogP contribution in [-0.2, 0) is 4.79 Å². The van der Waals surface area contributed by atoms with Gasteiger partial charge in [0.1, 0.15) is 6.04 Å². The molecule has 0 bridgehead atoms. The fourth-order valence-electron chi connectivity index (χ4n) is 1.50. The number of hydrogen-bond acceptors (Lipinski definition) is 3. The zero-order chi connectivity index (χ0) is 15.1. The lowest BCUT2D eigenvalue weighted by Crippen LogP contribution is -2.47. The van der Waals surface area contributed by atoms with Gasteiger partial charge in [-0.15, -0.1) is 0 Å². The van der Waals surface area contributed by atoms with Crippen LogP contribution >= 0.6 is 0 Å². The first kappa shape index (κ1) is 15.8. The smallest absolute Gasteiger partial charge is 0.319 e. The van der Waals surface area contributed by atoms with Crippen molar-refractivity contribution in [3.05, 3.63) is 24.3 Å². The van der Waals surface area contributed by atoms with Gasteiger partial charge in [-0.1, -0.05) is 19.9 Å². The third-order valence-electron chi connectivity index (χ3n) is 2.57. The van der Waals surface area contributed by atoms with E-state index in [0.29, 0.717) is 23.8 Å². The molecule has 1 aromatic carbocycles. The summed E-state index contributed by atoms with van der Waals surface area (Å²) in [7, 11) is 0. The van der Waals surface area contributed by atoms with Crippen LogP contribution in [0.3, 0.4) is 0 Å². The molecule has 0 saturated heterocycles. The van der Waals surface area contributed by atoms with Crippen LogP contribution in [0.4, 0.5) is 16.2 Å². The minimum atomic E-state index is -0.602. The van der Waals surface area contributed by atoms with Crippen LogP contribution in [-0.4, -0.2) is 24.5 Å². The molecule has 0 radical (unpaired) electrons. The van der Waals surface area contributed by atoms with Crippen LogP contribution < -0.4 is 21.7 Å². The number of carbonyl (C=O) groups is 2. The molecule has 0 aromatic heterocycles. The summed E-state index contributed by atoms with van der Waals surface area (Å²) in [6.45, 7) is 6.23. The van der Waals surface area contributed by atoms with Gasteiger partial charge in [0.05, 0.1) is 0 Å². The highest BCUT2D eigenvalue weighted by Gasteiger charge is 2.15. The highest BCUT2D eigenvalue weighted by atomic mass is 16.2. The number of hydrogen-bond donors (Lipinski definition) is 4. The van der Waals surface area contributed by atoms with Gasteiger partial charge in [0.25, 0.3) is 0 Å². The number of carbonyl (C=O) groups excluding carboxylic acids is 2. The summed E-state index contributed by atoms with van der Waals surface area (Å²) in [5, 5.41) is 7.95. The van der Waals surface area contributed by atoms with Crippen LogP contribution in [0.25, 0.3) is 0 Å². The number of nitrogen functional groups attached to an aromatic ring is 1. The van der Waals surface area contributed by atoms with E-state index in [1.54, 1.807) is 31.2 Å². The molecule has 0 heterocycles. The molecule has 1 rings (SSSR count). The fourth-order valence-corrected chi connectivity index (χ4v) is 1.50. The van der Waals surface area contributed by atoms with Crippen molar-refractivity contribution in [3.63, 3.8) is 0 Å². The normalized spacial score (nSPS) is 11.8. The Balaban J connectivity index is 2.43. The van der Waals surface area contributed by atoms with E-state index < -0.39 is 12.1 Å². The van der Waals surface area contributed by atoms with Gasteiger partial charge < -0.3 is 21.7 Å². The minimum absolute atomic E-state index is 0.207. The largest absolute Gasteiger partial charge is 0.399 e. The van der Waals surface area contributed by atoms with E-state index in [4.69, 9.17) is 5.73 Å². The summed E-state index contributed by atoms with van der Waals surface area (Å²) in [6, 6.07) is 5.79. The maximum Gasteiger partial charge on any atom is 0.319 e. The van der Waals surface area contributed by atoms with E-state index in [2.05, 4.69) is 16.0 Å². The van der Waals surface area contributed by atoms with E-state index >= 15 is 0 Å². The Labute approximate surface area is 119 Å². The molecular formula is C14H22N4O2. The molecule has 1 unspecified atom stereocenters. The number of nitrogens with one attached hydrogen (secondary N) is 3. The molecule has 0 aliphatic carbocycles. The lowest BCUT2D eigenvalue weighted by molar-refractivity contribution is -0.122. The molecule has 6 nitrogen and oxygen atoms in total. The van der Waals surface area contributed by atoms with Crippen molar-refractivity contribution in [1.82, 2.24) is 10.6 Å². The maximum absolute atomic E-state index is 11.7. The summed E-state index contributed by atoms with van der Waals surface area (Å²) in [5.74, 6) is 0.161. The maximum atomic E-state index is 11.7. The predicted octanol–water partition coefficient (Wildman–Crippen LogP) is 1.55. The zero-order valence-corrected chi connectivity index (χ0v) is 12.1. The molecule has 20 heavy (non-hydrogen) atoms. The molecular weight excluding hydrogens is 256 g/mol. The first-order valence-corrected chi connectivity index (χ1v) is 6.59. The van der Waals surface area contributed by atoms with Crippen LogP contribution in [0.15, 0.2) is 24.3 Å². The topological polar surface area (TPSA) is 96.2 Å². The number of rotatable bonds is 5. The lowest BCUT2D eigenvalue weighted by Gasteiger charge is -2.15. The van der Waals surface area contributed by atoms with Crippen molar-refractivity contribution >= 4 is 23.3 Å². The second kappa shape index (κ2) is 7.37. The van der Waals surface area contributed by atoms with Crippen molar-refractivity contribution < 1.29 is 9.59 Å². The van der Waals surface area contributed by atoms with Gasteiger partial charge >= 0.3 is 6.03 Å². The highest BCUT2D eigenvalue weighted by molar-refractivity contribution is 5.93. The van der Waals surface area contributed by atoms with E-state index in [1.165, 1.54) is 0 Å². The Hall–Kier alpha value is -2.24. The Morgan fingerprint density at radius 1 is 1.25 bits per heavy atom. The monoisotopic (exact) mass is 278 g/mol. The van der Waals surface area contributed by atoms with Crippen LogP contribution in [0, 0.1) is 5.92 Å². The number of amides is 3. The van der Waals surface area contributed by atoms with Crippen molar-refractivity contribution in [2.75, 3.05) is 17.6 Å². The van der Waals surface area contributed by atoms with E-state index in [9.17, 15) is 9.59 Å². The minimum Gasteiger partial charge on any atom is -0.399 e. The third-order valence-corrected chi connectivity index (χ3v) is 2.57. The molecule has 0 aliphatic rings. The first-order valence-electron chi connectivity index (χ1n) is 6.59. The molecule has 0 fully saturated rings. The van der Waals surface area contributed by atoms with Crippen molar-refractivity contribution in [1.29, 1.82) is 0 Å². The average molecular weight is 278 g/mol. The van der Waals surface area contributed by atoms with Gasteiger partial charge in [-0.2, -0.15) is 0 Å². The van der Waals surface area contributed by atoms with E-state index in [1.807, 2.05) is 13.8 Å². The molecule has 1 atom stereocenters. The van der Waals surface area contributed by atoms with E-state index in [0.717, 1.165) is 0 Å². The zero-order valence-electron chi connectivity index (χ0n) is 12.1. The van der Waals surface area contributed by atoms with Gasteiger partial charge in [0.2, 0.25) is 5.91 Å². The molecule has 1 aromatic rings. The summed E-state index contributed by atoms with van der Waals surface area (Å²) in [5.41, 5.74) is 6.76. The second-order valence-corrected chi connectivity index (χ2v) is 5.08. The molecule has 110 valence electrons. The SMILES string of the molecule is CC(C)CNC(=O)C(C)NC(=O)Nc1cccc(N)c1. The van der Waals surface area contributed by atoms with Gasteiger partial charge in [-0.3, -0.25) is 4.79 Å². The second-order valence-electron chi connectivity index (χ2n) is 5.08. The average Bonchev–Trinajstić information content (AvgIpc) is 2.35. The van der Waals surface area contributed by atoms with Gasteiger partial charge in [-0.25, -0.2) is 4.79 Å². The predicted molar refractivity (Wildman–Crippen MR) is 80.3 cm³/mol. The molecule has 0 saturated carbocycles. The van der Waals surface area contributed by atoms with Crippen molar-refractivity contribution in [2.24, 2.45) is 5.92 Å². The van der Waals surface area contributed by atoms with Crippen molar-refractivity contribution in [3.8, 4) is 0 Å². The molecule has 6 heteroatoms. The van der Waals surface area contributed by atoms with Gasteiger partial charge in [0, 0.05) is 17.9 Å². The Bertz CT molecular complexity index is 474. The van der Waals surface area contributed by atoms with Gasteiger partial charge in [-0.05, 0) is 31.0 Å². The Morgan fingerprint density at radius 2 is 1.95 bits per heavy atom. The van der Waals surface area contributed by atoms with Crippen LogP contribution in [0.1, 0.15) is 20.8 Å².